The molecule has 1 amide bonds. The molecule has 1 fully saturated rings. The molecule has 1 N–H and O–H groups in total. The van der Waals surface area contributed by atoms with Crippen molar-refractivity contribution in [1.82, 2.24) is 19.5 Å². The summed E-state index contributed by atoms with van der Waals surface area (Å²) in [6.45, 7) is 0.783. The number of ether oxygens (including phenoxy) is 2. The Balaban J connectivity index is 1.49. The Morgan fingerprint density at radius 3 is 2.75 bits per heavy atom. The summed E-state index contributed by atoms with van der Waals surface area (Å²) in [7, 11) is -2.32. The smallest absolute Gasteiger partial charge is 0.265 e. The highest BCUT2D eigenvalue weighted by Gasteiger charge is 2.27. The number of nitrogens with one attached hydrogen (secondary N) is 1. The fraction of sp³-hybridized carbons (Fsp3) is 0.316. The van der Waals surface area contributed by atoms with Crippen LogP contribution in [0, 0.1) is 0 Å². The molecule has 0 aliphatic carbocycles. The third kappa shape index (κ3) is 4.63. The van der Waals surface area contributed by atoms with Crippen molar-refractivity contribution in [2.75, 3.05) is 45.3 Å². The maximum Gasteiger partial charge on any atom is 0.265 e. The van der Waals surface area contributed by atoms with Crippen LogP contribution in [-0.4, -0.2) is 73.8 Å². The molecule has 1 aliphatic rings. The molecular weight excluding hydrogens is 462 g/mol. The largest absolute Gasteiger partial charge is 0.495 e. The number of carbonyl (C=O) groups is 1. The number of carbonyl (C=O) groups excluding carboxylic acids is 1. The zero-order chi connectivity index (χ0) is 22.7. The van der Waals surface area contributed by atoms with Crippen LogP contribution in [-0.2, 0) is 19.6 Å². The van der Waals surface area contributed by atoms with E-state index >= 15 is 0 Å². The summed E-state index contributed by atoms with van der Waals surface area (Å²) in [5.74, 6) is -0.243. The summed E-state index contributed by atoms with van der Waals surface area (Å²) in [6.07, 6.45) is 0. The van der Waals surface area contributed by atoms with E-state index < -0.39 is 22.5 Å². The molecular formula is C19H20ClN5O6S. The van der Waals surface area contributed by atoms with Crippen molar-refractivity contribution in [2.24, 2.45) is 0 Å². The van der Waals surface area contributed by atoms with Gasteiger partial charge in [-0.05, 0) is 41.6 Å². The molecule has 11 nitrogen and oxygen atoms in total. The number of hydrogen-bond acceptors (Lipinski definition) is 8. The Hall–Kier alpha value is -2.93. The van der Waals surface area contributed by atoms with E-state index in [1.165, 1.54) is 29.6 Å². The molecule has 1 aromatic heterocycles. The Morgan fingerprint density at radius 1 is 1.22 bits per heavy atom. The molecule has 2 heterocycles. The van der Waals surface area contributed by atoms with Gasteiger partial charge >= 0.3 is 0 Å². The van der Waals surface area contributed by atoms with Gasteiger partial charge in [-0.25, -0.2) is 8.42 Å². The molecule has 13 heteroatoms. The van der Waals surface area contributed by atoms with Crippen molar-refractivity contribution in [2.45, 2.75) is 4.90 Å². The second-order valence-electron chi connectivity index (χ2n) is 6.80. The minimum absolute atomic E-state index is 0.0355. The summed E-state index contributed by atoms with van der Waals surface area (Å²) in [4.78, 5) is 19.0. The van der Waals surface area contributed by atoms with Gasteiger partial charge in [0.05, 0.1) is 30.9 Å². The van der Waals surface area contributed by atoms with Crippen LogP contribution in [0.25, 0.3) is 11.0 Å². The van der Waals surface area contributed by atoms with Crippen LogP contribution in [0.15, 0.2) is 41.3 Å². The zero-order valence-electron chi connectivity index (χ0n) is 17.0. The summed E-state index contributed by atoms with van der Waals surface area (Å²) in [6, 6.07) is 9.22. The number of halogens is 1. The highest BCUT2D eigenvalue weighted by Crippen LogP contribution is 2.29. The summed E-state index contributed by atoms with van der Waals surface area (Å²) >= 11 is 5.98. The van der Waals surface area contributed by atoms with E-state index in [-0.39, 0.29) is 23.7 Å². The monoisotopic (exact) mass is 481 g/mol. The molecule has 170 valence electrons. The normalized spacial score (nSPS) is 14.9. The molecule has 0 radical (unpaired) electrons. The van der Waals surface area contributed by atoms with Crippen LogP contribution in [0.1, 0.15) is 0 Å². The molecule has 0 saturated carbocycles. The molecule has 3 aromatic rings. The number of fused-ring (bicyclic) bond motifs is 1. The van der Waals surface area contributed by atoms with Crippen LogP contribution in [0.5, 0.6) is 5.75 Å². The van der Waals surface area contributed by atoms with Gasteiger partial charge in [0, 0.05) is 18.1 Å². The van der Waals surface area contributed by atoms with E-state index in [4.69, 9.17) is 25.9 Å². The van der Waals surface area contributed by atoms with E-state index in [1.54, 1.807) is 18.2 Å². The van der Waals surface area contributed by atoms with E-state index in [0.29, 0.717) is 35.0 Å². The van der Waals surface area contributed by atoms with Crippen molar-refractivity contribution in [3.8, 4) is 5.75 Å². The van der Waals surface area contributed by atoms with E-state index in [2.05, 4.69) is 15.6 Å². The van der Waals surface area contributed by atoms with E-state index in [9.17, 15) is 13.2 Å². The molecule has 0 atom stereocenters. The zero-order valence-corrected chi connectivity index (χ0v) is 18.6. The molecule has 32 heavy (non-hydrogen) atoms. The van der Waals surface area contributed by atoms with E-state index in [0.717, 1.165) is 4.85 Å². The molecule has 1 saturated heterocycles. The SMILES string of the molecule is COc1ccc(S(=O)(=O)N2CCOCC2)cc1NC(=O)COn1nnc2ccc(Cl)cc21. The van der Waals surface area contributed by atoms with Gasteiger partial charge in [-0.3, -0.25) is 4.79 Å². The first-order valence-electron chi connectivity index (χ1n) is 9.58. The van der Waals surface area contributed by atoms with Crippen LogP contribution >= 0.6 is 11.6 Å². The maximum atomic E-state index is 12.9. The van der Waals surface area contributed by atoms with Crippen LogP contribution in [0.3, 0.4) is 0 Å². The van der Waals surface area contributed by atoms with Gasteiger partial charge < -0.3 is 19.6 Å². The second-order valence-corrected chi connectivity index (χ2v) is 9.17. The highest BCUT2D eigenvalue weighted by molar-refractivity contribution is 7.89. The highest BCUT2D eigenvalue weighted by atomic mass is 35.5. The minimum Gasteiger partial charge on any atom is -0.495 e. The lowest BCUT2D eigenvalue weighted by Gasteiger charge is -2.26. The molecule has 0 spiro atoms. The molecule has 0 unspecified atom stereocenters. The average molecular weight is 482 g/mol. The Kier molecular flexibility index (Phi) is 6.46. The minimum atomic E-state index is -3.74. The number of morpholine rings is 1. The Bertz CT molecular complexity index is 1240. The number of hydrogen-bond donors (Lipinski definition) is 1. The van der Waals surface area contributed by atoms with Gasteiger partial charge in [0.2, 0.25) is 10.0 Å². The fourth-order valence-corrected chi connectivity index (χ4v) is 4.76. The maximum absolute atomic E-state index is 12.9. The summed E-state index contributed by atoms with van der Waals surface area (Å²) in [5, 5.41) is 10.8. The number of methoxy groups -OCH3 is 1. The quantitative estimate of drug-likeness (QED) is 0.533. The predicted molar refractivity (Wildman–Crippen MR) is 115 cm³/mol. The van der Waals surface area contributed by atoms with Gasteiger partial charge in [0.15, 0.2) is 6.61 Å². The summed E-state index contributed by atoms with van der Waals surface area (Å²) in [5.41, 5.74) is 1.25. The molecule has 1 aliphatic heterocycles. The Morgan fingerprint density at radius 2 is 2.00 bits per heavy atom. The van der Waals surface area contributed by atoms with Crippen molar-refractivity contribution in [1.29, 1.82) is 0 Å². The van der Waals surface area contributed by atoms with Crippen molar-refractivity contribution in [3.63, 3.8) is 0 Å². The topological polar surface area (TPSA) is 125 Å². The van der Waals surface area contributed by atoms with Crippen molar-refractivity contribution < 1.29 is 27.5 Å². The van der Waals surface area contributed by atoms with Gasteiger partial charge in [-0.2, -0.15) is 4.31 Å². The number of anilines is 1. The Labute approximate surface area is 188 Å². The summed E-state index contributed by atoms with van der Waals surface area (Å²) < 4.78 is 37.7. The number of benzene rings is 2. The number of rotatable bonds is 7. The lowest BCUT2D eigenvalue weighted by Crippen LogP contribution is -2.40. The first-order chi connectivity index (χ1) is 15.4. The average Bonchev–Trinajstić information content (AvgIpc) is 3.20. The van der Waals surface area contributed by atoms with Crippen molar-refractivity contribution in [3.05, 3.63) is 41.4 Å². The fourth-order valence-electron chi connectivity index (χ4n) is 3.15. The third-order valence-corrected chi connectivity index (χ3v) is 6.88. The van der Waals surface area contributed by atoms with Crippen molar-refractivity contribution >= 4 is 44.3 Å². The van der Waals surface area contributed by atoms with Gasteiger partial charge in [0.25, 0.3) is 5.91 Å². The van der Waals surface area contributed by atoms with Crippen LogP contribution in [0.2, 0.25) is 5.02 Å². The van der Waals surface area contributed by atoms with Crippen LogP contribution < -0.4 is 14.9 Å². The van der Waals surface area contributed by atoms with Gasteiger partial charge in [-0.1, -0.05) is 16.4 Å². The van der Waals surface area contributed by atoms with Gasteiger partial charge in [-0.15, -0.1) is 5.10 Å². The van der Waals surface area contributed by atoms with Gasteiger partial charge in [0.1, 0.15) is 16.8 Å². The number of amides is 1. The lowest BCUT2D eigenvalue weighted by atomic mass is 10.3. The van der Waals surface area contributed by atoms with Crippen LogP contribution in [0.4, 0.5) is 5.69 Å². The van der Waals surface area contributed by atoms with E-state index in [1.807, 2.05) is 0 Å². The number of sulfonamides is 1. The molecule has 2 aromatic carbocycles. The third-order valence-electron chi connectivity index (χ3n) is 4.75. The molecule has 4 rings (SSSR count). The first kappa shape index (κ1) is 22.3. The number of nitrogens with zero attached hydrogens (tertiary/aromatic N) is 4. The first-order valence-corrected chi connectivity index (χ1v) is 11.4. The second kappa shape index (κ2) is 9.28. The number of aromatic nitrogens is 3. The molecule has 0 bridgehead atoms. The predicted octanol–water partition coefficient (Wildman–Crippen LogP) is 1.18. The standard InChI is InChI=1S/C19H20ClN5O6S/c1-29-18-5-3-14(32(27,28)24-6-8-30-9-7-24)11-16(18)21-19(26)12-31-25-17-10-13(20)2-4-15(17)22-23-25/h2-5,10-11H,6-9,12H2,1H3,(H,21,26). The lowest BCUT2D eigenvalue weighted by molar-refractivity contribution is -0.121.